The molecule has 1 N–H and O–H groups in total. The molecule has 1 aliphatic heterocycles. The number of rotatable bonds is 2. The number of hydrogen-bond acceptors (Lipinski definition) is 2. The van der Waals surface area contributed by atoms with Crippen molar-refractivity contribution in [1.82, 2.24) is 4.90 Å². The molecule has 1 aromatic rings. The molecule has 0 aromatic heterocycles. The first-order chi connectivity index (χ1) is 6.36. The summed E-state index contributed by atoms with van der Waals surface area (Å²) in [5.74, 6) is 0. The molecule has 1 heterocycles. The van der Waals surface area contributed by atoms with Crippen molar-refractivity contribution in [3.8, 4) is 0 Å². The monoisotopic (exact) mass is 176 g/mol. The highest BCUT2D eigenvalue weighted by Crippen LogP contribution is 2.17. The topological polar surface area (TPSA) is 15.3 Å². The number of anilines is 1. The molecule has 70 valence electrons. The first-order valence-electron chi connectivity index (χ1n) is 4.88. The number of nitrogens with zero attached hydrogens (tertiary/aromatic N) is 1. The molecule has 1 unspecified atom stereocenters. The highest BCUT2D eigenvalue weighted by Gasteiger charge is 2.19. The van der Waals surface area contributed by atoms with Crippen LogP contribution in [0.15, 0.2) is 30.3 Å². The van der Waals surface area contributed by atoms with E-state index in [1.807, 2.05) is 6.07 Å². The lowest BCUT2D eigenvalue weighted by molar-refractivity contribution is 0.338. The Kier molecular flexibility index (Phi) is 2.50. The Labute approximate surface area is 79.6 Å². The van der Waals surface area contributed by atoms with Crippen LogP contribution in [0.2, 0.25) is 0 Å². The normalized spacial score (nSPS) is 23.3. The first kappa shape index (κ1) is 8.57. The third-order valence-corrected chi connectivity index (χ3v) is 2.63. The number of para-hydroxylation sites is 1. The van der Waals surface area contributed by atoms with E-state index in [0.29, 0.717) is 6.17 Å². The zero-order valence-electron chi connectivity index (χ0n) is 8.03. The number of nitrogens with one attached hydrogen (secondary N) is 1. The first-order valence-corrected chi connectivity index (χ1v) is 4.88. The van der Waals surface area contributed by atoms with E-state index in [9.17, 15) is 0 Å². The second-order valence-corrected chi connectivity index (χ2v) is 3.65. The van der Waals surface area contributed by atoms with Crippen molar-refractivity contribution in [1.29, 1.82) is 0 Å². The average molecular weight is 176 g/mol. The molecule has 1 aromatic carbocycles. The van der Waals surface area contributed by atoms with Crippen LogP contribution in [-0.4, -0.2) is 24.7 Å². The highest BCUT2D eigenvalue weighted by molar-refractivity contribution is 5.43. The SMILES string of the molecule is CN1CCCC1Nc1ccccc1. The molecule has 1 aliphatic rings. The molecule has 0 bridgehead atoms. The molecule has 1 atom stereocenters. The van der Waals surface area contributed by atoms with E-state index in [2.05, 4.69) is 41.5 Å². The molecular weight excluding hydrogens is 160 g/mol. The molecule has 0 aliphatic carbocycles. The number of likely N-dealkylation sites (tertiary alicyclic amines) is 1. The van der Waals surface area contributed by atoms with Crippen molar-refractivity contribution < 1.29 is 0 Å². The third kappa shape index (κ3) is 2.01. The zero-order valence-corrected chi connectivity index (χ0v) is 8.03. The van der Waals surface area contributed by atoms with Crippen LogP contribution in [0.3, 0.4) is 0 Å². The van der Waals surface area contributed by atoms with E-state index >= 15 is 0 Å². The lowest BCUT2D eigenvalue weighted by atomic mass is 10.3. The van der Waals surface area contributed by atoms with Crippen LogP contribution in [0, 0.1) is 0 Å². The maximum atomic E-state index is 3.52. The molecule has 0 amide bonds. The van der Waals surface area contributed by atoms with Crippen LogP contribution in [0.4, 0.5) is 5.69 Å². The summed E-state index contributed by atoms with van der Waals surface area (Å²) in [5, 5.41) is 3.52. The number of benzene rings is 1. The Morgan fingerprint density at radius 1 is 1.31 bits per heavy atom. The summed E-state index contributed by atoms with van der Waals surface area (Å²) < 4.78 is 0. The van der Waals surface area contributed by atoms with Gasteiger partial charge >= 0.3 is 0 Å². The fourth-order valence-electron chi connectivity index (χ4n) is 1.82. The van der Waals surface area contributed by atoms with Gasteiger partial charge in [-0.15, -0.1) is 0 Å². The van der Waals surface area contributed by atoms with Gasteiger partial charge in [-0.25, -0.2) is 0 Å². The van der Waals surface area contributed by atoms with Crippen LogP contribution in [-0.2, 0) is 0 Å². The van der Waals surface area contributed by atoms with Gasteiger partial charge < -0.3 is 5.32 Å². The maximum absolute atomic E-state index is 3.52. The molecule has 0 saturated carbocycles. The van der Waals surface area contributed by atoms with Gasteiger partial charge in [0.25, 0.3) is 0 Å². The van der Waals surface area contributed by atoms with Crippen molar-refractivity contribution in [2.24, 2.45) is 0 Å². The summed E-state index contributed by atoms with van der Waals surface area (Å²) >= 11 is 0. The number of hydrogen-bond donors (Lipinski definition) is 1. The summed E-state index contributed by atoms with van der Waals surface area (Å²) in [4.78, 5) is 2.37. The van der Waals surface area contributed by atoms with Gasteiger partial charge in [0.05, 0.1) is 6.17 Å². The largest absolute Gasteiger partial charge is 0.370 e. The molecule has 2 rings (SSSR count). The Balaban J connectivity index is 1.98. The van der Waals surface area contributed by atoms with Crippen molar-refractivity contribution in [2.45, 2.75) is 19.0 Å². The van der Waals surface area contributed by atoms with Gasteiger partial charge in [0.2, 0.25) is 0 Å². The summed E-state index contributed by atoms with van der Waals surface area (Å²) in [7, 11) is 2.17. The second-order valence-electron chi connectivity index (χ2n) is 3.65. The lowest BCUT2D eigenvalue weighted by Gasteiger charge is -2.21. The third-order valence-electron chi connectivity index (χ3n) is 2.63. The van der Waals surface area contributed by atoms with Crippen molar-refractivity contribution in [3.05, 3.63) is 30.3 Å². The van der Waals surface area contributed by atoms with Crippen LogP contribution >= 0.6 is 0 Å². The maximum Gasteiger partial charge on any atom is 0.0791 e. The minimum atomic E-state index is 0.530. The summed E-state index contributed by atoms with van der Waals surface area (Å²) in [6.45, 7) is 1.21. The Morgan fingerprint density at radius 3 is 2.69 bits per heavy atom. The van der Waals surface area contributed by atoms with E-state index in [0.717, 1.165) is 0 Å². The lowest BCUT2D eigenvalue weighted by Crippen LogP contribution is -2.31. The van der Waals surface area contributed by atoms with Gasteiger partial charge in [0, 0.05) is 5.69 Å². The Hall–Kier alpha value is -1.02. The molecule has 0 spiro atoms. The van der Waals surface area contributed by atoms with E-state index in [1.54, 1.807) is 0 Å². The van der Waals surface area contributed by atoms with Gasteiger partial charge in [-0.2, -0.15) is 0 Å². The molecule has 0 radical (unpaired) electrons. The van der Waals surface area contributed by atoms with Crippen LogP contribution < -0.4 is 5.32 Å². The van der Waals surface area contributed by atoms with E-state index in [1.165, 1.54) is 25.1 Å². The fourth-order valence-corrected chi connectivity index (χ4v) is 1.82. The molecule has 13 heavy (non-hydrogen) atoms. The summed E-state index contributed by atoms with van der Waals surface area (Å²) in [6, 6.07) is 10.4. The van der Waals surface area contributed by atoms with Gasteiger partial charge in [-0.05, 0) is 38.6 Å². The van der Waals surface area contributed by atoms with Gasteiger partial charge in [0.15, 0.2) is 0 Å². The quantitative estimate of drug-likeness (QED) is 0.742. The van der Waals surface area contributed by atoms with Crippen molar-refractivity contribution in [2.75, 3.05) is 18.9 Å². The molecule has 2 heteroatoms. The van der Waals surface area contributed by atoms with Crippen LogP contribution in [0.1, 0.15) is 12.8 Å². The Bertz CT molecular complexity index is 258. The predicted molar refractivity (Wildman–Crippen MR) is 55.7 cm³/mol. The average Bonchev–Trinajstić information content (AvgIpc) is 2.54. The predicted octanol–water partition coefficient (Wildman–Crippen LogP) is 2.15. The smallest absolute Gasteiger partial charge is 0.0791 e. The summed E-state index contributed by atoms with van der Waals surface area (Å²) in [5.41, 5.74) is 1.22. The minimum Gasteiger partial charge on any atom is -0.370 e. The van der Waals surface area contributed by atoms with Crippen LogP contribution in [0.5, 0.6) is 0 Å². The standard InChI is InChI=1S/C11H16N2/c1-13-9-5-8-11(13)12-10-6-3-2-4-7-10/h2-4,6-7,11-12H,5,8-9H2,1H3. The van der Waals surface area contributed by atoms with E-state index in [4.69, 9.17) is 0 Å². The van der Waals surface area contributed by atoms with E-state index in [-0.39, 0.29) is 0 Å². The molecule has 1 fully saturated rings. The van der Waals surface area contributed by atoms with Crippen molar-refractivity contribution >= 4 is 5.69 Å². The van der Waals surface area contributed by atoms with Crippen molar-refractivity contribution in [3.63, 3.8) is 0 Å². The summed E-state index contributed by atoms with van der Waals surface area (Å²) in [6.07, 6.45) is 3.09. The minimum absolute atomic E-state index is 0.530. The molecular formula is C11H16N2. The fraction of sp³-hybridized carbons (Fsp3) is 0.455. The second kappa shape index (κ2) is 3.79. The Morgan fingerprint density at radius 2 is 2.08 bits per heavy atom. The van der Waals surface area contributed by atoms with Gasteiger partial charge in [0.1, 0.15) is 0 Å². The van der Waals surface area contributed by atoms with Gasteiger partial charge in [-0.3, -0.25) is 4.90 Å². The van der Waals surface area contributed by atoms with E-state index < -0.39 is 0 Å². The molecule has 1 saturated heterocycles. The zero-order chi connectivity index (χ0) is 9.10. The molecule has 2 nitrogen and oxygen atoms in total. The van der Waals surface area contributed by atoms with Crippen LogP contribution in [0.25, 0.3) is 0 Å². The van der Waals surface area contributed by atoms with Gasteiger partial charge in [-0.1, -0.05) is 18.2 Å². The highest BCUT2D eigenvalue weighted by atomic mass is 15.3.